The van der Waals surface area contributed by atoms with Crippen LogP contribution in [0.15, 0.2) is 43.1 Å². The third kappa shape index (κ3) is 1.93. The molecule has 1 aromatic heterocycles. The van der Waals surface area contributed by atoms with Crippen molar-refractivity contribution in [2.75, 3.05) is 0 Å². The zero-order valence-electron chi connectivity index (χ0n) is 6.70. The monoisotopic (exact) mass is 161 g/mol. The van der Waals surface area contributed by atoms with E-state index in [0.29, 0.717) is 0 Å². The summed E-state index contributed by atoms with van der Waals surface area (Å²) >= 11 is 0. The number of aromatic nitrogens is 1. The molecule has 1 heterocycles. The van der Waals surface area contributed by atoms with Crippen molar-refractivity contribution in [3.8, 4) is 0 Å². The lowest BCUT2D eigenvalue weighted by Crippen LogP contribution is -2.20. The first-order valence-electron chi connectivity index (χ1n) is 3.59. The number of nitrogens with two attached hydrogens (primary N) is 1. The molecule has 0 aliphatic heterocycles. The predicted octanol–water partition coefficient (Wildman–Crippen LogP) is 1.07. The summed E-state index contributed by atoms with van der Waals surface area (Å²) in [5, 5.41) is 0. The van der Waals surface area contributed by atoms with Crippen molar-refractivity contribution in [1.29, 1.82) is 0 Å². The van der Waals surface area contributed by atoms with Gasteiger partial charge in [-0.2, -0.15) is 0 Å². The van der Waals surface area contributed by atoms with Gasteiger partial charge in [0.15, 0.2) is 0 Å². The Kier molecular flexibility index (Phi) is 3.04. The van der Waals surface area contributed by atoms with Gasteiger partial charge in [-0.15, -0.1) is 0 Å². The standard InChI is InChI=1S/C9H11N3/c1-2-5-9(12-10)8-6-3-4-7-11-8/h2-7,12H,1,10H2/b9-5-. The van der Waals surface area contributed by atoms with Crippen LogP contribution in [0.2, 0.25) is 0 Å². The highest BCUT2D eigenvalue weighted by molar-refractivity contribution is 5.61. The molecule has 1 aromatic rings. The molecule has 0 unspecified atom stereocenters. The van der Waals surface area contributed by atoms with E-state index < -0.39 is 0 Å². The van der Waals surface area contributed by atoms with Crippen LogP contribution in [0.5, 0.6) is 0 Å². The van der Waals surface area contributed by atoms with E-state index in [2.05, 4.69) is 17.0 Å². The molecule has 0 amide bonds. The fourth-order valence-electron chi connectivity index (χ4n) is 0.847. The maximum atomic E-state index is 5.28. The third-order valence-electron chi connectivity index (χ3n) is 1.38. The van der Waals surface area contributed by atoms with Crippen LogP contribution < -0.4 is 11.3 Å². The van der Waals surface area contributed by atoms with Gasteiger partial charge in [0.05, 0.1) is 11.4 Å². The summed E-state index contributed by atoms with van der Waals surface area (Å²) in [5.41, 5.74) is 4.11. The number of hydrazine groups is 1. The van der Waals surface area contributed by atoms with E-state index in [1.54, 1.807) is 18.3 Å². The summed E-state index contributed by atoms with van der Waals surface area (Å²) < 4.78 is 0. The zero-order chi connectivity index (χ0) is 8.81. The number of hydrogen-bond acceptors (Lipinski definition) is 3. The van der Waals surface area contributed by atoms with Crippen molar-refractivity contribution in [1.82, 2.24) is 10.4 Å². The number of allylic oxidation sites excluding steroid dienone is 2. The minimum atomic E-state index is 0.755. The zero-order valence-corrected chi connectivity index (χ0v) is 6.70. The summed E-state index contributed by atoms with van der Waals surface area (Å²) in [5.74, 6) is 5.28. The molecule has 0 radical (unpaired) electrons. The molecule has 0 saturated carbocycles. The molecule has 0 aliphatic carbocycles. The molecule has 1 rings (SSSR count). The first kappa shape index (κ1) is 8.49. The maximum Gasteiger partial charge on any atom is 0.0874 e. The van der Waals surface area contributed by atoms with Gasteiger partial charge in [0.1, 0.15) is 0 Å². The molecule has 3 N–H and O–H groups in total. The molecule has 0 atom stereocenters. The van der Waals surface area contributed by atoms with Crippen LogP contribution in [0.1, 0.15) is 5.69 Å². The number of nitrogens with one attached hydrogen (secondary N) is 1. The van der Waals surface area contributed by atoms with Crippen LogP contribution >= 0.6 is 0 Å². The fraction of sp³-hybridized carbons (Fsp3) is 0. The van der Waals surface area contributed by atoms with Gasteiger partial charge in [-0.1, -0.05) is 18.7 Å². The highest BCUT2D eigenvalue weighted by atomic mass is 15.2. The van der Waals surface area contributed by atoms with Crippen LogP contribution in [-0.2, 0) is 0 Å². The van der Waals surface area contributed by atoms with E-state index in [1.165, 1.54) is 0 Å². The second-order valence-corrected chi connectivity index (χ2v) is 2.18. The Morgan fingerprint density at radius 2 is 2.42 bits per heavy atom. The van der Waals surface area contributed by atoms with Crippen LogP contribution in [0.4, 0.5) is 0 Å². The topological polar surface area (TPSA) is 50.9 Å². The van der Waals surface area contributed by atoms with Gasteiger partial charge >= 0.3 is 0 Å². The highest BCUT2D eigenvalue weighted by Crippen LogP contribution is 2.05. The van der Waals surface area contributed by atoms with Gasteiger partial charge in [0.25, 0.3) is 0 Å². The molecule has 0 saturated heterocycles. The average Bonchev–Trinajstić information content (AvgIpc) is 2.15. The van der Waals surface area contributed by atoms with Crippen molar-refractivity contribution >= 4 is 5.70 Å². The molecule has 0 fully saturated rings. The first-order chi connectivity index (χ1) is 5.88. The van der Waals surface area contributed by atoms with E-state index in [-0.39, 0.29) is 0 Å². The maximum absolute atomic E-state index is 5.28. The summed E-state index contributed by atoms with van der Waals surface area (Å²) in [7, 11) is 0. The van der Waals surface area contributed by atoms with E-state index in [0.717, 1.165) is 11.4 Å². The van der Waals surface area contributed by atoms with Crippen molar-refractivity contribution in [2.24, 2.45) is 5.84 Å². The molecule has 0 spiro atoms. The Balaban J connectivity index is 2.95. The lowest BCUT2D eigenvalue weighted by Gasteiger charge is -2.03. The van der Waals surface area contributed by atoms with Crippen LogP contribution in [-0.4, -0.2) is 4.98 Å². The third-order valence-corrected chi connectivity index (χ3v) is 1.38. The predicted molar refractivity (Wildman–Crippen MR) is 49.7 cm³/mol. The molecular weight excluding hydrogens is 150 g/mol. The van der Waals surface area contributed by atoms with Crippen molar-refractivity contribution in [3.63, 3.8) is 0 Å². The SMILES string of the molecule is C=C/C=C(\NN)c1ccccn1. The molecule has 3 heteroatoms. The molecule has 0 bridgehead atoms. The number of hydrogen-bond donors (Lipinski definition) is 2. The first-order valence-corrected chi connectivity index (χ1v) is 3.59. The summed E-state index contributed by atoms with van der Waals surface area (Å²) in [6, 6.07) is 5.62. The van der Waals surface area contributed by atoms with Gasteiger partial charge in [0.2, 0.25) is 0 Å². The molecule has 62 valence electrons. The average molecular weight is 161 g/mol. The minimum Gasteiger partial charge on any atom is -0.322 e. The Bertz CT molecular complexity index is 277. The van der Waals surface area contributed by atoms with E-state index >= 15 is 0 Å². The molecule has 0 aromatic carbocycles. The van der Waals surface area contributed by atoms with E-state index in [4.69, 9.17) is 5.84 Å². The van der Waals surface area contributed by atoms with Crippen molar-refractivity contribution < 1.29 is 0 Å². The smallest absolute Gasteiger partial charge is 0.0874 e. The molecule has 0 aliphatic rings. The fourth-order valence-corrected chi connectivity index (χ4v) is 0.847. The van der Waals surface area contributed by atoms with Gasteiger partial charge < -0.3 is 5.43 Å². The number of nitrogens with zero attached hydrogens (tertiary/aromatic N) is 1. The van der Waals surface area contributed by atoms with Crippen LogP contribution in [0.3, 0.4) is 0 Å². The van der Waals surface area contributed by atoms with E-state index in [9.17, 15) is 0 Å². The Morgan fingerprint density at radius 3 is 2.92 bits per heavy atom. The van der Waals surface area contributed by atoms with Crippen molar-refractivity contribution in [2.45, 2.75) is 0 Å². The van der Waals surface area contributed by atoms with Gasteiger partial charge in [-0.05, 0) is 18.2 Å². The Hall–Kier alpha value is -1.61. The summed E-state index contributed by atoms with van der Waals surface area (Å²) in [4.78, 5) is 4.11. The summed E-state index contributed by atoms with van der Waals surface area (Å²) in [6.07, 6.45) is 5.13. The highest BCUT2D eigenvalue weighted by Gasteiger charge is 1.96. The number of rotatable bonds is 3. The van der Waals surface area contributed by atoms with Crippen molar-refractivity contribution in [3.05, 3.63) is 48.8 Å². The number of pyridine rings is 1. The summed E-state index contributed by atoms with van der Waals surface area (Å²) in [6.45, 7) is 3.57. The quantitative estimate of drug-likeness (QED) is 0.396. The van der Waals surface area contributed by atoms with Gasteiger partial charge in [-0.3, -0.25) is 10.8 Å². The second-order valence-electron chi connectivity index (χ2n) is 2.18. The Morgan fingerprint density at radius 1 is 1.58 bits per heavy atom. The molecular formula is C9H11N3. The van der Waals surface area contributed by atoms with Gasteiger partial charge in [-0.25, -0.2) is 0 Å². The lowest BCUT2D eigenvalue weighted by atomic mass is 10.2. The molecule has 12 heavy (non-hydrogen) atoms. The normalized spacial score (nSPS) is 10.9. The Labute approximate surface area is 71.6 Å². The van der Waals surface area contributed by atoms with Crippen LogP contribution in [0.25, 0.3) is 5.70 Å². The van der Waals surface area contributed by atoms with Gasteiger partial charge in [0, 0.05) is 6.20 Å². The molecule has 3 nitrogen and oxygen atoms in total. The lowest BCUT2D eigenvalue weighted by molar-refractivity contribution is 0.978. The largest absolute Gasteiger partial charge is 0.322 e. The second kappa shape index (κ2) is 4.31. The minimum absolute atomic E-state index is 0.755. The van der Waals surface area contributed by atoms with Crippen LogP contribution in [0, 0.1) is 0 Å². The van der Waals surface area contributed by atoms with E-state index in [1.807, 2.05) is 18.2 Å².